The number of aliphatic hydroxyl groups is 1. The van der Waals surface area contributed by atoms with Gasteiger partial charge in [0, 0.05) is 0 Å². The van der Waals surface area contributed by atoms with Crippen molar-refractivity contribution in [2.45, 2.75) is 12.5 Å². The number of carbonyl (C=O) groups is 1. The van der Waals surface area contributed by atoms with E-state index in [9.17, 15) is 4.79 Å². The minimum absolute atomic E-state index is 0.216. The molecule has 0 heterocycles. The van der Waals surface area contributed by atoms with Crippen LogP contribution in [0, 0.1) is 11.3 Å². The van der Waals surface area contributed by atoms with Crippen molar-refractivity contribution in [3.8, 4) is 6.07 Å². The van der Waals surface area contributed by atoms with Crippen LogP contribution >= 0.6 is 0 Å². The summed E-state index contributed by atoms with van der Waals surface area (Å²) in [6.07, 6.45) is -1.51. The summed E-state index contributed by atoms with van der Waals surface area (Å²) in [5, 5.41) is 16.6. The molecule has 0 amide bonds. The van der Waals surface area contributed by atoms with Crippen molar-refractivity contribution in [3.63, 3.8) is 0 Å². The van der Waals surface area contributed by atoms with Gasteiger partial charge in [-0.15, -0.1) is 0 Å². The molecule has 9 heavy (non-hydrogen) atoms. The molecule has 0 aromatic carbocycles. The molecule has 0 fully saturated rings. The fourth-order valence-corrected chi connectivity index (χ4v) is 0.306. The van der Waals surface area contributed by atoms with Gasteiger partial charge >= 0.3 is 5.97 Å². The van der Waals surface area contributed by atoms with E-state index in [-0.39, 0.29) is 6.42 Å². The fourth-order valence-electron chi connectivity index (χ4n) is 0.306. The van der Waals surface area contributed by atoms with Crippen LogP contribution in [0.15, 0.2) is 0 Å². The Labute approximate surface area is 52.7 Å². The number of esters is 1. The van der Waals surface area contributed by atoms with Crippen LogP contribution in [-0.4, -0.2) is 24.3 Å². The van der Waals surface area contributed by atoms with Gasteiger partial charge in [0.05, 0.1) is 19.6 Å². The maximum atomic E-state index is 10.3. The minimum Gasteiger partial charge on any atom is -0.467 e. The topological polar surface area (TPSA) is 70.3 Å². The first kappa shape index (κ1) is 7.92. The molecule has 4 heteroatoms. The quantitative estimate of drug-likeness (QED) is 0.507. The molecule has 1 N–H and O–H groups in total. The highest BCUT2D eigenvalue weighted by Gasteiger charge is 2.13. The van der Waals surface area contributed by atoms with E-state index < -0.39 is 12.1 Å². The summed E-state index contributed by atoms with van der Waals surface area (Å²) in [6.45, 7) is 0. The Morgan fingerprint density at radius 3 is 2.89 bits per heavy atom. The van der Waals surface area contributed by atoms with Gasteiger partial charge in [0.25, 0.3) is 0 Å². The van der Waals surface area contributed by atoms with E-state index in [1.807, 2.05) is 0 Å². The highest BCUT2D eigenvalue weighted by atomic mass is 16.5. The van der Waals surface area contributed by atoms with Crippen LogP contribution in [0.1, 0.15) is 6.42 Å². The Kier molecular flexibility index (Phi) is 3.40. The van der Waals surface area contributed by atoms with E-state index in [2.05, 4.69) is 4.74 Å². The van der Waals surface area contributed by atoms with Gasteiger partial charge in [-0.2, -0.15) is 5.26 Å². The third-order valence-corrected chi connectivity index (χ3v) is 0.758. The van der Waals surface area contributed by atoms with E-state index in [1.54, 1.807) is 6.07 Å². The smallest absolute Gasteiger partial charge is 0.335 e. The van der Waals surface area contributed by atoms with Gasteiger partial charge in [-0.05, 0) is 0 Å². The van der Waals surface area contributed by atoms with Crippen LogP contribution < -0.4 is 0 Å². The third-order valence-electron chi connectivity index (χ3n) is 0.758. The highest BCUT2D eigenvalue weighted by Crippen LogP contribution is 1.90. The molecular formula is C5H7NO3. The average molecular weight is 129 g/mol. The molecule has 50 valence electrons. The number of hydrogen-bond acceptors (Lipinski definition) is 4. The summed E-state index contributed by atoms with van der Waals surface area (Å²) in [4.78, 5) is 10.3. The molecule has 0 aliphatic carbocycles. The average Bonchev–Trinajstić information content (AvgIpc) is 1.87. The Morgan fingerprint density at radius 2 is 2.56 bits per heavy atom. The number of hydrogen-bond donors (Lipinski definition) is 1. The summed E-state index contributed by atoms with van der Waals surface area (Å²) in [5.41, 5.74) is 0. The molecular weight excluding hydrogens is 122 g/mol. The van der Waals surface area contributed by atoms with E-state index >= 15 is 0 Å². The van der Waals surface area contributed by atoms with Gasteiger partial charge in [0.15, 0.2) is 6.10 Å². The molecule has 0 saturated heterocycles. The molecule has 0 rings (SSSR count). The molecule has 0 unspecified atom stereocenters. The van der Waals surface area contributed by atoms with Gasteiger partial charge in [-0.25, -0.2) is 4.79 Å². The van der Waals surface area contributed by atoms with Gasteiger partial charge in [-0.1, -0.05) is 0 Å². The zero-order chi connectivity index (χ0) is 7.28. The lowest BCUT2D eigenvalue weighted by molar-refractivity contribution is -0.150. The first-order valence-electron chi connectivity index (χ1n) is 2.35. The molecule has 0 aromatic heterocycles. The second kappa shape index (κ2) is 3.87. The summed E-state index contributed by atoms with van der Waals surface area (Å²) in [6, 6.07) is 1.63. The maximum Gasteiger partial charge on any atom is 0.335 e. The van der Waals surface area contributed by atoms with Crippen molar-refractivity contribution in [1.29, 1.82) is 5.26 Å². The first-order chi connectivity index (χ1) is 4.22. The molecule has 1 atom stereocenters. The van der Waals surface area contributed by atoms with Crippen LogP contribution in [0.2, 0.25) is 0 Å². The number of methoxy groups -OCH3 is 1. The Balaban J connectivity index is 3.62. The SMILES string of the molecule is COC(=O)[C@H](O)CC#N. The van der Waals surface area contributed by atoms with E-state index in [4.69, 9.17) is 10.4 Å². The Hall–Kier alpha value is -1.08. The zero-order valence-corrected chi connectivity index (χ0v) is 5.00. The number of ether oxygens (including phenoxy) is 1. The summed E-state index contributed by atoms with van der Waals surface area (Å²) >= 11 is 0. The van der Waals surface area contributed by atoms with Crippen LogP contribution in [0.25, 0.3) is 0 Å². The van der Waals surface area contributed by atoms with Crippen molar-refractivity contribution >= 4 is 5.97 Å². The van der Waals surface area contributed by atoms with Crippen LogP contribution in [0.5, 0.6) is 0 Å². The lowest BCUT2D eigenvalue weighted by atomic mass is 10.3. The normalized spacial score (nSPS) is 11.7. The predicted octanol–water partition coefficient (Wildman–Crippen LogP) is -0.566. The van der Waals surface area contributed by atoms with Crippen LogP contribution in [-0.2, 0) is 9.53 Å². The molecule has 0 aliphatic heterocycles. The molecule has 0 aromatic rings. The van der Waals surface area contributed by atoms with Gasteiger partial charge in [0.2, 0.25) is 0 Å². The highest BCUT2D eigenvalue weighted by molar-refractivity contribution is 5.74. The van der Waals surface area contributed by atoms with E-state index in [1.165, 1.54) is 0 Å². The van der Waals surface area contributed by atoms with Crippen molar-refractivity contribution < 1.29 is 14.6 Å². The standard InChI is InChI=1S/C5H7NO3/c1-9-5(8)4(7)2-3-6/h4,7H,2H2,1H3/t4-/m1/s1. The number of nitriles is 1. The largest absolute Gasteiger partial charge is 0.467 e. The van der Waals surface area contributed by atoms with E-state index in [0.29, 0.717) is 0 Å². The van der Waals surface area contributed by atoms with Crippen LogP contribution in [0.3, 0.4) is 0 Å². The predicted molar refractivity (Wildman–Crippen MR) is 28.3 cm³/mol. The van der Waals surface area contributed by atoms with Gasteiger partial charge in [-0.3, -0.25) is 0 Å². The number of aliphatic hydroxyl groups excluding tert-OH is 1. The molecule has 4 nitrogen and oxygen atoms in total. The molecule has 0 spiro atoms. The summed E-state index contributed by atoms with van der Waals surface area (Å²) < 4.78 is 4.12. The maximum absolute atomic E-state index is 10.3. The molecule has 0 aliphatic rings. The van der Waals surface area contributed by atoms with Crippen molar-refractivity contribution in [2.24, 2.45) is 0 Å². The zero-order valence-electron chi connectivity index (χ0n) is 5.00. The van der Waals surface area contributed by atoms with Gasteiger partial charge in [0.1, 0.15) is 0 Å². The lowest BCUT2D eigenvalue weighted by Gasteiger charge is -2.00. The molecule has 0 radical (unpaired) electrons. The van der Waals surface area contributed by atoms with Crippen molar-refractivity contribution in [2.75, 3.05) is 7.11 Å². The third kappa shape index (κ3) is 2.67. The Morgan fingerprint density at radius 1 is 2.00 bits per heavy atom. The van der Waals surface area contributed by atoms with E-state index in [0.717, 1.165) is 7.11 Å². The molecule has 0 bridgehead atoms. The number of nitrogens with zero attached hydrogens (tertiary/aromatic N) is 1. The fraction of sp³-hybridized carbons (Fsp3) is 0.600. The lowest BCUT2D eigenvalue weighted by Crippen LogP contribution is -2.20. The van der Waals surface area contributed by atoms with Crippen molar-refractivity contribution in [3.05, 3.63) is 0 Å². The van der Waals surface area contributed by atoms with Gasteiger partial charge < -0.3 is 9.84 Å². The molecule has 0 saturated carbocycles. The second-order valence-electron chi connectivity index (χ2n) is 1.40. The van der Waals surface area contributed by atoms with Crippen molar-refractivity contribution in [1.82, 2.24) is 0 Å². The van der Waals surface area contributed by atoms with Crippen LogP contribution in [0.4, 0.5) is 0 Å². The minimum atomic E-state index is -1.29. The number of rotatable bonds is 2. The monoisotopic (exact) mass is 129 g/mol. The Bertz CT molecular complexity index is 138. The first-order valence-corrected chi connectivity index (χ1v) is 2.35. The second-order valence-corrected chi connectivity index (χ2v) is 1.40. The summed E-state index contributed by atoms with van der Waals surface area (Å²) in [5.74, 6) is -0.767. The number of carbonyl (C=O) groups excluding carboxylic acids is 1. The summed E-state index contributed by atoms with van der Waals surface area (Å²) in [7, 11) is 1.16.